The Morgan fingerprint density at radius 2 is 2.39 bits per heavy atom. The van der Waals surface area contributed by atoms with Crippen molar-refractivity contribution in [2.75, 3.05) is 5.73 Å². The van der Waals surface area contributed by atoms with Crippen LogP contribution in [0.4, 0.5) is 5.82 Å². The molecule has 0 radical (unpaired) electrons. The Bertz CT molecular complexity index is 581. The molecule has 0 fully saturated rings. The van der Waals surface area contributed by atoms with Crippen molar-refractivity contribution in [3.8, 4) is 0 Å². The fourth-order valence-corrected chi connectivity index (χ4v) is 1.75. The first-order valence-corrected chi connectivity index (χ1v) is 5.89. The number of aromatic nitrogens is 4. The summed E-state index contributed by atoms with van der Waals surface area (Å²) in [5.41, 5.74) is 5.98. The second-order valence-corrected chi connectivity index (χ2v) is 4.48. The van der Waals surface area contributed by atoms with Gasteiger partial charge in [-0.1, -0.05) is 0 Å². The van der Waals surface area contributed by atoms with Crippen LogP contribution in [-0.2, 0) is 13.6 Å². The van der Waals surface area contributed by atoms with Crippen LogP contribution in [0.15, 0.2) is 23.1 Å². The summed E-state index contributed by atoms with van der Waals surface area (Å²) in [5.74, 6) is 0.711. The molecule has 94 valence electrons. The first kappa shape index (κ1) is 12.5. The number of pyridine rings is 1. The molecule has 2 rings (SSSR count). The molecule has 0 unspecified atom stereocenters. The second-order valence-electron chi connectivity index (χ2n) is 3.63. The van der Waals surface area contributed by atoms with Crippen molar-refractivity contribution in [2.24, 2.45) is 7.05 Å². The normalized spacial score (nSPS) is 10.3. The SMILES string of the molecule is Cn1cnnc1CNC(=O)c1cc(N)ncc1Br. The van der Waals surface area contributed by atoms with Crippen LogP contribution in [0.5, 0.6) is 0 Å². The predicted octanol–water partition coefficient (Wildman–Crippen LogP) is 0.485. The average molecular weight is 311 g/mol. The summed E-state index contributed by atoms with van der Waals surface area (Å²) in [7, 11) is 1.81. The molecule has 2 aromatic rings. The zero-order chi connectivity index (χ0) is 13.1. The van der Waals surface area contributed by atoms with Crippen molar-refractivity contribution in [3.63, 3.8) is 0 Å². The first-order chi connectivity index (χ1) is 8.58. The van der Waals surface area contributed by atoms with E-state index in [4.69, 9.17) is 5.73 Å². The van der Waals surface area contributed by atoms with Gasteiger partial charge in [-0.3, -0.25) is 4.79 Å². The Labute approximate surface area is 112 Å². The maximum absolute atomic E-state index is 11.9. The predicted molar refractivity (Wildman–Crippen MR) is 68.5 cm³/mol. The van der Waals surface area contributed by atoms with Gasteiger partial charge in [0.25, 0.3) is 5.91 Å². The second kappa shape index (κ2) is 5.13. The smallest absolute Gasteiger partial charge is 0.252 e. The Hall–Kier alpha value is -1.96. The number of nitrogen functional groups attached to an aromatic ring is 1. The highest BCUT2D eigenvalue weighted by Gasteiger charge is 2.11. The molecule has 7 nitrogen and oxygen atoms in total. The van der Waals surface area contributed by atoms with Gasteiger partial charge in [-0.05, 0) is 22.0 Å². The average Bonchev–Trinajstić information content (AvgIpc) is 2.75. The van der Waals surface area contributed by atoms with Crippen LogP contribution >= 0.6 is 15.9 Å². The number of nitrogens with two attached hydrogens (primary N) is 1. The summed E-state index contributed by atoms with van der Waals surface area (Å²) < 4.78 is 2.32. The number of halogens is 1. The standard InChI is InChI=1S/C10H11BrN6O/c1-17-5-15-16-9(17)4-14-10(18)6-2-8(12)13-3-7(6)11/h2-3,5H,4H2,1H3,(H2,12,13)(H,14,18). The summed E-state index contributed by atoms with van der Waals surface area (Å²) in [6.45, 7) is 0.296. The van der Waals surface area contributed by atoms with Crippen molar-refractivity contribution < 1.29 is 4.79 Å². The minimum absolute atomic E-state index is 0.251. The number of amides is 1. The number of hydrogen-bond acceptors (Lipinski definition) is 5. The van der Waals surface area contributed by atoms with Gasteiger partial charge in [0.05, 0.1) is 12.1 Å². The van der Waals surface area contributed by atoms with Crippen molar-refractivity contribution in [1.29, 1.82) is 0 Å². The third kappa shape index (κ3) is 2.65. The van der Waals surface area contributed by atoms with Gasteiger partial charge in [0, 0.05) is 17.7 Å². The summed E-state index contributed by atoms with van der Waals surface area (Å²) in [4.78, 5) is 15.8. The number of rotatable bonds is 3. The van der Waals surface area contributed by atoms with E-state index in [1.54, 1.807) is 10.9 Å². The van der Waals surface area contributed by atoms with Gasteiger partial charge in [0.1, 0.15) is 12.1 Å². The number of carbonyl (C=O) groups excluding carboxylic acids is 1. The summed E-state index contributed by atoms with van der Waals surface area (Å²) in [6.07, 6.45) is 3.06. The van der Waals surface area contributed by atoms with Crippen molar-refractivity contribution >= 4 is 27.7 Å². The van der Waals surface area contributed by atoms with Crippen molar-refractivity contribution in [2.45, 2.75) is 6.54 Å². The molecule has 2 heterocycles. The van der Waals surface area contributed by atoms with Gasteiger partial charge >= 0.3 is 0 Å². The maximum atomic E-state index is 11.9. The number of hydrogen-bond donors (Lipinski definition) is 2. The quantitative estimate of drug-likeness (QED) is 0.859. The number of nitrogens with one attached hydrogen (secondary N) is 1. The molecule has 3 N–H and O–H groups in total. The Morgan fingerprint density at radius 3 is 3.06 bits per heavy atom. The van der Waals surface area contributed by atoms with Crippen LogP contribution in [0.3, 0.4) is 0 Å². The van der Waals surface area contributed by atoms with Crippen LogP contribution < -0.4 is 11.1 Å². The van der Waals surface area contributed by atoms with Gasteiger partial charge in [-0.2, -0.15) is 0 Å². The van der Waals surface area contributed by atoms with E-state index in [2.05, 4.69) is 36.4 Å². The van der Waals surface area contributed by atoms with E-state index >= 15 is 0 Å². The maximum Gasteiger partial charge on any atom is 0.252 e. The fraction of sp³-hybridized carbons (Fsp3) is 0.200. The molecule has 0 aliphatic carbocycles. The van der Waals surface area contributed by atoms with E-state index in [0.29, 0.717) is 28.2 Å². The number of carbonyl (C=O) groups is 1. The van der Waals surface area contributed by atoms with E-state index < -0.39 is 0 Å². The summed E-state index contributed by atoms with van der Waals surface area (Å²) in [5, 5.41) is 10.3. The largest absolute Gasteiger partial charge is 0.384 e. The molecule has 0 atom stereocenters. The number of nitrogens with zero attached hydrogens (tertiary/aromatic N) is 4. The van der Waals surface area contributed by atoms with E-state index in [-0.39, 0.29) is 5.91 Å². The van der Waals surface area contributed by atoms with Gasteiger partial charge in [-0.25, -0.2) is 4.98 Å². The minimum atomic E-state index is -0.251. The fourth-order valence-electron chi connectivity index (χ4n) is 1.35. The van der Waals surface area contributed by atoms with Crippen LogP contribution in [0.2, 0.25) is 0 Å². The zero-order valence-corrected chi connectivity index (χ0v) is 11.2. The Kier molecular flexibility index (Phi) is 3.56. The van der Waals surface area contributed by atoms with Crippen molar-refractivity contribution in [3.05, 3.63) is 34.5 Å². The van der Waals surface area contributed by atoms with E-state index in [9.17, 15) is 4.79 Å². The Balaban J connectivity index is 2.08. The Morgan fingerprint density at radius 1 is 1.61 bits per heavy atom. The molecule has 0 spiro atoms. The summed E-state index contributed by atoms with van der Waals surface area (Å²) in [6, 6.07) is 1.51. The lowest BCUT2D eigenvalue weighted by Gasteiger charge is -2.06. The third-order valence-electron chi connectivity index (χ3n) is 2.33. The number of anilines is 1. The lowest BCUT2D eigenvalue weighted by atomic mass is 10.2. The molecule has 0 aliphatic heterocycles. The highest BCUT2D eigenvalue weighted by Crippen LogP contribution is 2.17. The summed E-state index contributed by atoms with van der Waals surface area (Å²) >= 11 is 3.25. The molecule has 2 aromatic heterocycles. The topological polar surface area (TPSA) is 98.7 Å². The number of aryl methyl sites for hydroxylation is 1. The molecule has 0 aliphatic rings. The first-order valence-electron chi connectivity index (χ1n) is 5.10. The van der Waals surface area contributed by atoms with E-state index in [0.717, 1.165) is 0 Å². The molecule has 1 amide bonds. The molecular formula is C10H11BrN6O. The van der Waals surface area contributed by atoms with Crippen molar-refractivity contribution in [1.82, 2.24) is 25.1 Å². The molecule has 0 bridgehead atoms. The molecule has 0 saturated carbocycles. The highest BCUT2D eigenvalue weighted by molar-refractivity contribution is 9.10. The van der Waals surface area contributed by atoms with Crippen LogP contribution in [0.1, 0.15) is 16.2 Å². The van der Waals surface area contributed by atoms with Gasteiger partial charge in [-0.15, -0.1) is 10.2 Å². The molecule has 0 saturated heterocycles. The zero-order valence-electron chi connectivity index (χ0n) is 9.59. The van der Waals surface area contributed by atoms with Crippen LogP contribution in [0, 0.1) is 0 Å². The molecular weight excluding hydrogens is 300 g/mol. The molecule has 18 heavy (non-hydrogen) atoms. The van der Waals surface area contributed by atoms with Gasteiger partial charge in [0.15, 0.2) is 5.82 Å². The van der Waals surface area contributed by atoms with E-state index in [1.165, 1.54) is 12.3 Å². The molecule has 0 aromatic carbocycles. The van der Waals surface area contributed by atoms with Gasteiger partial charge in [0.2, 0.25) is 0 Å². The molecule has 8 heteroatoms. The third-order valence-corrected chi connectivity index (χ3v) is 2.97. The monoisotopic (exact) mass is 310 g/mol. The van der Waals surface area contributed by atoms with Crippen LogP contribution in [-0.4, -0.2) is 25.7 Å². The lowest BCUT2D eigenvalue weighted by Crippen LogP contribution is -2.25. The lowest BCUT2D eigenvalue weighted by molar-refractivity contribution is 0.0948. The van der Waals surface area contributed by atoms with E-state index in [1.807, 2.05) is 7.05 Å². The highest BCUT2D eigenvalue weighted by atomic mass is 79.9. The van der Waals surface area contributed by atoms with Crippen LogP contribution in [0.25, 0.3) is 0 Å². The minimum Gasteiger partial charge on any atom is -0.384 e. The van der Waals surface area contributed by atoms with Gasteiger partial charge < -0.3 is 15.6 Å².